The molecule has 0 aliphatic carbocycles. The molecule has 61 heavy (non-hydrogen) atoms. The van der Waals surface area contributed by atoms with Gasteiger partial charge in [-0.15, -0.1) is 0 Å². The third-order valence-electron chi connectivity index (χ3n) is 8.83. The highest BCUT2D eigenvalue weighted by Gasteiger charge is 2.30. The Bertz CT molecular complexity index is 1770. The first-order valence-corrected chi connectivity index (χ1v) is 21.1. The van der Waals surface area contributed by atoms with Gasteiger partial charge in [0.15, 0.2) is 0 Å². The fourth-order valence-corrected chi connectivity index (χ4v) is 5.96. The van der Waals surface area contributed by atoms with Gasteiger partial charge < -0.3 is 46.5 Å². The summed E-state index contributed by atoms with van der Waals surface area (Å²) in [6, 6.07) is 9.37. The van der Waals surface area contributed by atoms with Crippen molar-refractivity contribution in [3.8, 4) is 11.1 Å². The van der Waals surface area contributed by atoms with Crippen LogP contribution in [0.5, 0.6) is 0 Å². The van der Waals surface area contributed by atoms with E-state index in [1.165, 1.54) is 6.92 Å². The summed E-state index contributed by atoms with van der Waals surface area (Å²) in [7, 11) is 0. The number of carbonyl (C=O) groups excluding carboxylic acids is 6. The maximum absolute atomic E-state index is 14.0. The molecule has 0 aliphatic rings. The smallest absolute Gasteiger partial charge is 0.407 e. The monoisotopic (exact) mass is 872 g/mol. The number of nitrogens with one attached hydrogen (secondary N) is 6. The molecule has 0 saturated heterocycles. The van der Waals surface area contributed by atoms with Crippen molar-refractivity contribution in [2.75, 3.05) is 13.1 Å². The lowest BCUT2D eigenvalue weighted by Crippen LogP contribution is -2.57. The van der Waals surface area contributed by atoms with Crippen LogP contribution in [0, 0.1) is 5.92 Å². The van der Waals surface area contributed by atoms with E-state index < -0.39 is 77.2 Å². The van der Waals surface area contributed by atoms with Gasteiger partial charge in [0.1, 0.15) is 35.4 Å². The Hall–Kier alpha value is -5.38. The molecular weight excluding hydrogens is 808 g/mol. The molecule has 6 amide bonds. The lowest BCUT2D eigenvalue weighted by Gasteiger charge is -2.25. The molecule has 2 aromatic carbocycles. The van der Waals surface area contributed by atoms with Crippen molar-refractivity contribution in [1.29, 1.82) is 0 Å². The molecule has 0 fully saturated rings. The Labute approximate surface area is 364 Å². The van der Waals surface area contributed by atoms with E-state index in [2.05, 4.69) is 31.9 Å². The number of rotatable bonds is 22. The Kier molecular flexibility index (Phi) is 21.0. The van der Waals surface area contributed by atoms with Gasteiger partial charge in [0.25, 0.3) is 5.91 Å². The lowest BCUT2D eigenvalue weighted by molar-refractivity contribution is -0.142. The number of hydrogen-bond donors (Lipinski definition) is 7. The highest BCUT2D eigenvalue weighted by Crippen LogP contribution is 2.22. The summed E-state index contributed by atoms with van der Waals surface area (Å²) in [5, 5.41) is 26.1. The summed E-state index contributed by atoms with van der Waals surface area (Å²) in [5.74, 6) is -3.88. The van der Waals surface area contributed by atoms with Crippen LogP contribution in [0.4, 0.5) is 9.59 Å². The van der Waals surface area contributed by atoms with E-state index in [0.29, 0.717) is 30.7 Å². The number of carboxylic acids is 1. The predicted molar refractivity (Wildman–Crippen MR) is 233 cm³/mol. The number of alkyl carbamates (subject to hydrolysis) is 2. The van der Waals surface area contributed by atoms with Crippen molar-refractivity contribution in [1.82, 2.24) is 31.9 Å². The molecule has 2 aromatic rings. The lowest BCUT2D eigenvalue weighted by atomic mass is 10.0. The number of aliphatic carboxylic acids is 1. The van der Waals surface area contributed by atoms with Crippen LogP contribution < -0.4 is 31.9 Å². The van der Waals surface area contributed by atoms with E-state index in [-0.39, 0.29) is 43.8 Å². The molecule has 1 unspecified atom stereocenters. The second-order valence-electron chi connectivity index (χ2n) is 17.3. The zero-order valence-electron chi connectivity index (χ0n) is 36.9. The number of ether oxygens (including phenoxy) is 2. The summed E-state index contributed by atoms with van der Waals surface area (Å²) in [5.41, 5.74) is 0.643. The Morgan fingerprint density at radius 1 is 0.590 bits per heavy atom. The average molecular weight is 873 g/mol. The van der Waals surface area contributed by atoms with Gasteiger partial charge in [-0.05, 0) is 135 Å². The van der Waals surface area contributed by atoms with Crippen LogP contribution in [-0.4, -0.2) is 95.4 Å². The molecule has 7 N–H and O–H groups in total. The molecule has 16 nitrogen and oxygen atoms in total. The van der Waals surface area contributed by atoms with Gasteiger partial charge in [0, 0.05) is 23.7 Å². The second-order valence-corrected chi connectivity index (χ2v) is 17.7. The van der Waals surface area contributed by atoms with Crippen LogP contribution in [0.1, 0.15) is 118 Å². The highest BCUT2D eigenvalue weighted by molar-refractivity contribution is 6.30. The van der Waals surface area contributed by atoms with E-state index in [0.717, 1.165) is 11.1 Å². The molecule has 2 rings (SSSR count). The number of hydrogen-bond acceptors (Lipinski definition) is 9. The predicted octanol–water partition coefficient (Wildman–Crippen LogP) is 6.10. The average Bonchev–Trinajstić information content (AvgIpc) is 3.14. The van der Waals surface area contributed by atoms with Crippen LogP contribution in [0.15, 0.2) is 48.5 Å². The van der Waals surface area contributed by atoms with Crippen LogP contribution in [-0.2, 0) is 28.7 Å². The highest BCUT2D eigenvalue weighted by atomic mass is 35.5. The molecule has 0 spiro atoms. The van der Waals surface area contributed by atoms with Gasteiger partial charge in [-0.1, -0.05) is 49.7 Å². The third-order valence-corrected chi connectivity index (χ3v) is 9.08. The van der Waals surface area contributed by atoms with E-state index in [4.69, 9.17) is 21.1 Å². The molecule has 0 bridgehead atoms. The van der Waals surface area contributed by atoms with Crippen molar-refractivity contribution in [2.45, 2.75) is 143 Å². The minimum atomic E-state index is -1.21. The first-order valence-electron chi connectivity index (χ1n) is 20.7. The fourth-order valence-electron chi connectivity index (χ4n) is 5.83. The largest absolute Gasteiger partial charge is 0.480 e. The van der Waals surface area contributed by atoms with Crippen LogP contribution >= 0.6 is 11.6 Å². The van der Waals surface area contributed by atoms with Crippen LogP contribution in [0.2, 0.25) is 5.02 Å². The second kappa shape index (κ2) is 24.8. The van der Waals surface area contributed by atoms with Gasteiger partial charge in [-0.3, -0.25) is 19.2 Å². The third kappa shape index (κ3) is 21.1. The van der Waals surface area contributed by atoms with E-state index in [1.54, 1.807) is 77.9 Å². The zero-order valence-corrected chi connectivity index (χ0v) is 37.6. The maximum atomic E-state index is 14.0. The SMILES string of the molecule is CC(C)C[C@H](NC(=O)[C@H](C)NC(=O)C(CCCCNC(=O)OC(C)(C)C)NC(=O)[C@H](CCCCNC(=O)OC(C)(C)C)NC(=O)c1ccc(-c2ccc(Cl)cc2)cc1)C(=O)O. The summed E-state index contributed by atoms with van der Waals surface area (Å²) in [6.45, 7) is 15.9. The molecule has 4 atom stereocenters. The number of halogens is 1. The molecule has 0 radical (unpaired) electrons. The summed E-state index contributed by atoms with van der Waals surface area (Å²) in [6.07, 6.45) is 0.766. The van der Waals surface area contributed by atoms with E-state index >= 15 is 0 Å². The Balaban J connectivity index is 2.28. The summed E-state index contributed by atoms with van der Waals surface area (Å²) < 4.78 is 10.6. The van der Waals surface area contributed by atoms with Gasteiger partial charge in [0.05, 0.1) is 0 Å². The van der Waals surface area contributed by atoms with Gasteiger partial charge in [-0.2, -0.15) is 0 Å². The molecule has 338 valence electrons. The minimum absolute atomic E-state index is 0.0286. The van der Waals surface area contributed by atoms with Crippen molar-refractivity contribution < 1.29 is 48.1 Å². The molecule has 0 aliphatic heterocycles. The Morgan fingerprint density at radius 2 is 1.02 bits per heavy atom. The van der Waals surface area contributed by atoms with Crippen molar-refractivity contribution in [2.24, 2.45) is 5.92 Å². The normalized spacial score (nSPS) is 13.4. The first-order chi connectivity index (χ1) is 28.4. The summed E-state index contributed by atoms with van der Waals surface area (Å²) in [4.78, 5) is 90.5. The van der Waals surface area contributed by atoms with E-state index in [1.807, 2.05) is 26.0 Å². The first kappa shape index (κ1) is 51.8. The van der Waals surface area contributed by atoms with Crippen molar-refractivity contribution in [3.63, 3.8) is 0 Å². The van der Waals surface area contributed by atoms with Crippen LogP contribution in [0.3, 0.4) is 0 Å². The fraction of sp³-hybridized carbons (Fsp3) is 0.568. The van der Waals surface area contributed by atoms with E-state index in [9.17, 15) is 38.7 Å². The quantitative estimate of drug-likeness (QED) is 0.0673. The maximum Gasteiger partial charge on any atom is 0.407 e. The zero-order chi connectivity index (χ0) is 45.9. The van der Waals surface area contributed by atoms with Gasteiger partial charge >= 0.3 is 18.2 Å². The molecule has 0 heterocycles. The standard InChI is InChI=1S/C44H65ClN6O10/c1-27(2)26-35(40(56)57)51-36(52)28(3)48-38(54)33(14-10-12-24-46-41(58)60-43(4,5)6)50-39(55)34(15-11-13-25-47-42(59)61-44(7,8)9)49-37(53)31-18-16-29(17-19-31)30-20-22-32(45)23-21-30/h16-23,27-28,33-35H,10-15,24-26H2,1-9H3,(H,46,58)(H,47,59)(H,48,54)(H,49,53)(H,50,55)(H,51,52)(H,56,57)/t28-,33?,34-,35-/m0/s1. The van der Waals surface area contributed by atoms with Crippen molar-refractivity contribution in [3.05, 3.63) is 59.1 Å². The molecule has 0 saturated carbocycles. The topological polar surface area (TPSA) is 230 Å². The van der Waals surface area contributed by atoms with Crippen LogP contribution in [0.25, 0.3) is 11.1 Å². The number of carbonyl (C=O) groups is 7. The molecule has 17 heteroatoms. The van der Waals surface area contributed by atoms with Gasteiger partial charge in [-0.25, -0.2) is 14.4 Å². The number of carboxylic acid groups (broad SMARTS) is 1. The number of unbranched alkanes of at least 4 members (excludes halogenated alkanes) is 2. The molecular formula is C44H65ClN6O10. The number of benzene rings is 2. The molecule has 0 aromatic heterocycles. The Morgan fingerprint density at radius 3 is 1.46 bits per heavy atom. The summed E-state index contributed by atoms with van der Waals surface area (Å²) >= 11 is 6.03. The van der Waals surface area contributed by atoms with Gasteiger partial charge in [0.2, 0.25) is 17.7 Å². The van der Waals surface area contributed by atoms with Crippen molar-refractivity contribution >= 4 is 53.4 Å². The number of amides is 6. The minimum Gasteiger partial charge on any atom is -0.480 e.